The van der Waals surface area contributed by atoms with E-state index in [4.69, 9.17) is 15.2 Å². The summed E-state index contributed by atoms with van der Waals surface area (Å²) in [6, 6.07) is 7.56. The fraction of sp³-hybridized carbons (Fsp3) is 0.462. The Morgan fingerprint density at radius 2 is 2.00 bits per heavy atom. The van der Waals surface area contributed by atoms with Gasteiger partial charge in [-0.3, -0.25) is 4.79 Å². The van der Waals surface area contributed by atoms with Gasteiger partial charge in [0.2, 0.25) is 5.91 Å². The van der Waals surface area contributed by atoms with Gasteiger partial charge in [-0.15, -0.1) is 0 Å². The number of carbonyl (C=O) groups excluding carboxylic acids is 1. The van der Waals surface area contributed by atoms with Crippen LogP contribution in [0.5, 0.6) is 5.75 Å². The van der Waals surface area contributed by atoms with Gasteiger partial charge in [-0.1, -0.05) is 15.9 Å². The van der Waals surface area contributed by atoms with Crippen molar-refractivity contribution in [2.24, 2.45) is 5.73 Å². The molecule has 1 rings (SSSR count). The molecule has 0 radical (unpaired) electrons. The van der Waals surface area contributed by atoms with Crippen LogP contribution in [0.4, 0.5) is 0 Å². The Morgan fingerprint density at radius 3 is 2.63 bits per heavy atom. The monoisotopic (exact) mass is 330 g/mol. The topological polar surface area (TPSA) is 64.8 Å². The first kappa shape index (κ1) is 15.9. The minimum absolute atomic E-state index is 0.0615. The SMILES string of the molecule is CN(CCOc1ccc(Br)cc1)C(=O)COCCN. The molecule has 1 amide bonds. The molecule has 6 heteroatoms. The van der Waals surface area contributed by atoms with Gasteiger partial charge < -0.3 is 20.1 Å². The van der Waals surface area contributed by atoms with Crippen LogP contribution >= 0.6 is 15.9 Å². The molecule has 0 saturated heterocycles. The van der Waals surface area contributed by atoms with Gasteiger partial charge in [-0.2, -0.15) is 0 Å². The van der Waals surface area contributed by atoms with Gasteiger partial charge in [0.1, 0.15) is 19.0 Å². The van der Waals surface area contributed by atoms with E-state index in [-0.39, 0.29) is 12.5 Å². The zero-order valence-corrected chi connectivity index (χ0v) is 12.6. The van der Waals surface area contributed by atoms with Crippen molar-refractivity contribution in [1.29, 1.82) is 0 Å². The lowest BCUT2D eigenvalue weighted by atomic mass is 10.3. The summed E-state index contributed by atoms with van der Waals surface area (Å²) in [5.74, 6) is 0.705. The fourth-order valence-electron chi connectivity index (χ4n) is 1.31. The van der Waals surface area contributed by atoms with Gasteiger partial charge in [-0.05, 0) is 24.3 Å². The lowest BCUT2D eigenvalue weighted by Crippen LogP contribution is -2.34. The van der Waals surface area contributed by atoms with Crippen LogP contribution in [0.1, 0.15) is 0 Å². The molecule has 2 N–H and O–H groups in total. The number of ether oxygens (including phenoxy) is 2. The second kappa shape index (κ2) is 8.90. The second-order valence-electron chi connectivity index (χ2n) is 3.96. The minimum Gasteiger partial charge on any atom is -0.492 e. The molecule has 0 fully saturated rings. The summed E-state index contributed by atoms with van der Waals surface area (Å²) in [6.45, 7) is 1.84. The van der Waals surface area contributed by atoms with Crippen LogP contribution in [-0.2, 0) is 9.53 Å². The maximum Gasteiger partial charge on any atom is 0.248 e. The van der Waals surface area contributed by atoms with E-state index in [1.54, 1.807) is 11.9 Å². The van der Waals surface area contributed by atoms with Crippen molar-refractivity contribution in [2.45, 2.75) is 0 Å². The molecule has 0 heterocycles. The number of hydrogen-bond acceptors (Lipinski definition) is 4. The molecule has 0 aromatic heterocycles. The van der Waals surface area contributed by atoms with E-state index in [1.165, 1.54) is 0 Å². The predicted molar refractivity (Wildman–Crippen MR) is 77.1 cm³/mol. The zero-order valence-electron chi connectivity index (χ0n) is 11.0. The molecule has 0 unspecified atom stereocenters. The van der Waals surface area contributed by atoms with Gasteiger partial charge in [0.15, 0.2) is 0 Å². The summed E-state index contributed by atoms with van der Waals surface area (Å²) < 4.78 is 11.6. The van der Waals surface area contributed by atoms with Gasteiger partial charge in [0.05, 0.1) is 13.2 Å². The van der Waals surface area contributed by atoms with Crippen LogP contribution in [-0.4, -0.2) is 50.8 Å². The predicted octanol–water partition coefficient (Wildman–Crippen LogP) is 1.26. The van der Waals surface area contributed by atoms with Gasteiger partial charge in [-0.25, -0.2) is 0 Å². The Hall–Kier alpha value is -1.11. The summed E-state index contributed by atoms with van der Waals surface area (Å²) in [5.41, 5.74) is 5.27. The summed E-state index contributed by atoms with van der Waals surface area (Å²) in [6.07, 6.45) is 0. The van der Waals surface area contributed by atoms with E-state index < -0.39 is 0 Å². The number of benzene rings is 1. The molecule has 0 spiro atoms. The standard InChI is InChI=1S/C13H19BrN2O3/c1-16(13(17)10-18-8-6-15)7-9-19-12-4-2-11(14)3-5-12/h2-5H,6-10,15H2,1H3. The smallest absolute Gasteiger partial charge is 0.248 e. The lowest BCUT2D eigenvalue weighted by Gasteiger charge is -2.17. The third-order valence-corrected chi connectivity index (χ3v) is 2.95. The number of halogens is 1. The van der Waals surface area contributed by atoms with Crippen molar-refractivity contribution >= 4 is 21.8 Å². The molecule has 0 saturated carbocycles. The van der Waals surface area contributed by atoms with Crippen LogP contribution in [0, 0.1) is 0 Å². The normalized spacial score (nSPS) is 10.3. The molecule has 5 nitrogen and oxygen atoms in total. The summed E-state index contributed by atoms with van der Waals surface area (Å²) in [7, 11) is 1.72. The maximum absolute atomic E-state index is 11.6. The first-order valence-electron chi connectivity index (χ1n) is 6.03. The van der Waals surface area contributed by atoms with E-state index in [1.807, 2.05) is 24.3 Å². The summed E-state index contributed by atoms with van der Waals surface area (Å²) in [5, 5.41) is 0. The summed E-state index contributed by atoms with van der Waals surface area (Å²) >= 11 is 3.35. The minimum atomic E-state index is -0.0761. The van der Waals surface area contributed by atoms with Crippen molar-refractivity contribution in [1.82, 2.24) is 4.90 Å². The largest absolute Gasteiger partial charge is 0.492 e. The number of nitrogens with two attached hydrogens (primary N) is 1. The number of hydrogen-bond donors (Lipinski definition) is 1. The van der Waals surface area contributed by atoms with E-state index in [2.05, 4.69) is 15.9 Å². The van der Waals surface area contributed by atoms with Crippen LogP contribution in [0.3, 0.4) is 0 Å². The number of amides is 1. The molecule has 1 aromatic rings. The molecule has 0 aliphatic heterocycles. The Kier molecular flexibility index (Phi) is 7.47. The van der Waals surface area contributed by atoms with E-state index in [0.29, 0.717) is 26.3 Å². The molecular formula is C13H19BrN2O3. The third kappa shape index (κ3) is 6.56. The quantitative estimate of drug-likeness (QED) is 0.729. The van der Waals surface area contributed by atoms with Gasteiger partial charge in [0.25, 0.3) is 0 Å². The van der Waals surface area contributed by atoms with Crippen LogP contribution in [0.2, 0.25) is 0 Å². The van der Waals surface area contributed by atoms with Crippen LogP contribution in [0.15, 0.2) is 28.7 Å². The van der Waals surface area contributed by atoms with E-state index in [0.717, 1.165) is 10.2 Å². The zero-order chi connectivity index (χ0) is 14.1. The van der Waals surface area contributed by atoms with Gasteiger partial charge >= 0.3 is 0 Å². The van der Waals surface area contributed by atoms with Crippen LogP contribution in [0.25, 0.3) is 0 Å². The molecule has 0 aliphatic carbocycles. The number of rotatable bonds is 8. The van der Waals surface area contributed by atoms with E-state index in [9.17, 15) is 4.79 Å². The summed E-state index contributed by atoms with van der Waals surface area (Å²) in [4.78, 5) is 13.2. The van der Waals surface area contributed by atoms with Crippen molar-refractivity contribution in [3.8, 4) is 5.75 Å². The Morgan fingerprint density at radius 1 is 1.32 bits per heavy atom. The van der Waals surface area contributed by atoms with Crippen molar-refractivity contribution in [2.75, 3.05) is 40.0 Å². The molecule has 106 valence electrons. The van der Waals surface area contributed by atoms with Crippen molar-refractivity contribution in [3.63, 3.8) is 0 Å². The average molecular weight is 331 g/mol. The lowest BCUT2D eigenvalue weighted by molar-refractivity contribution is -0.135. The highest BCUT2D eigenvalue weighted by atomic mass is 79.9. The fourth-order valence-corrected chi connectivity index (χ4v) is 1.57. The second-order valence-corrected chi connectivity index (χ2v) is 4.87. The highest BCUT2D eigenvalue weighted by Gasteiger charge is 2.08. The van der Waals surface area contributed by atoms with Crippen LogP contribution < -0.4 is 10.5 Å². The number of nitrogens with zero attached hydrogens (tertiary/aromatic N) is 1. The average Bonchev–Trinajstić information content (AvgIpc) is 2.41. The Bertz CT molecular complexity index is 384. The highest BCUT2D eigenvalue weighted by Crippen LogP contribution is 2.15. The van der Waals surface area contributed by atoms with Crippen molar-refractivity contribution in [3.05, 3.63) is 28.7 Å². The van der Waals surface area contributed by atoms with E-state index >= 15 is 0 Å². The Balaban J connectivity index is 2.20. The van der Waals surface area contributed by atoms with Crippen molar-refractivity contribution < 1.29 is 14.3 Å². The maximum atomic E-state index is 11.6. The first-order valence-corrected chi connectivity index (χ1v) is 6.83. The first-order chi connectivity index (χ1) is 9.13. The molecule has 19 heavy (non-hydrogen) atoms. The molecule has 0 aliphatic rings. The molecule has 1 aromatic carbocycles. The molecular weight excluding hydrogens is 312 g/mol. The molecule has 0 bridgehead atoms. The number of carbonyl (C=O) groups is 1. The van der Waals surface area contributed by atoms with Gasteiger partial charge in [0, 0.05) is 18.1 Å². The Labute approximate surface area is 121 Å². The molecule has 0 atom stereocenters. The number of likely N-dealkylation sites (N-methyl/N-ethyl adjacent to an activating group) is 1. The third-order valence-electron chi connectivity index (χ3n) is 2.42. The highest BCUT2D eigenvalue weighted by molar-refractivity contribution is 9.10.